The summed E-state index contributed by atoms with van der Waals surface area (Å²) < 4.78 is 46.2. The molecule has 7 rings (SSSR count). The standard InChI is InChI=1S/C25H21ClF3N3O3/c26-15-2-3-20-16(5-15)18(33)6-21(35-20)19(34)7-23-10-24(11-23,12-23)32-9-17(31-13-32)14-1-4-22(30-8-14)25(27,28)29/h1-5,8-9,13,18,21,33H,6-7,10-12H2/t18-,21-,23?,24?/m1/s1. The number of carbonyl (C=O) groups is 1. The summed E-state index contributed by atoms with van der Waals surface area (Å²) in [5.41, 5.74) is 0.554. The Labute approximate surface area is 203 Å². The van der Waals surface area contributed by atoms with Crippen molar-refractivity contribution in [2.24, 2.45) is 5.41 Å². The number of benzene rings is 1. The smallest absolute Gasteiger partial charge is 0.433 e. The summed E-state index contributed by atoms with van der Waals surface area (Å²) in [7, 11) is 0. The van der Waals surface area contributed by atoms with Gasteiger partial charge in [-0.15, -0.1) is 0 Å². The third-order valence-corrected chi connectivity index (χ3v) is 7.77. The SMILES string of the molecule is O=C(CC12CC(n3cnc(-c4ccc(C(F)(F)F)nc4)c3)(C1)C2)[C@H]1C[C@@H](O)c2cc(Cl)ccc2O1. The number of carbonyl (C=O) groups excluding carboxylic acids is 1. The van der Waals surface area contributed by atoms with E-state index < -0.39 is 24.1 Å². The molecule has 0 saturated heterocycles. The van der Waals surface area contributed by atoms with Gasteiger partial charge in [0.25, 0.3) is 0 Å². The van der Waals surface area contributed by atoms with Crippen LogP contribution in [-0.4, -0.2) is 31.5 Å². The zero-order chi connectivity index (χ0) is 24.6. The fourth-order valence-corrected chi connectivity index (χ4v) is 6.12. The second kappa shape index (κ2) is 7.54. The Balaban J connectivity index is 1.09. The average molecular weight is 504 g/mol. The highest BCUT2D eigenvalue weighted by Crippen LogP contribution is 2.73. The molecule has 2 atom stereocenters. The van der Waals surface area contributed by atoms with Gasteiger partial charge < -0.3 is 14.4 Å². The van der Waals surface area contributed by atoms with E-state index in [0.717, 1.165) is 25.3 Å². The molecule has 3 saturated carbocycles. The molecule has 10 heteroatoms. The summed E-state index contributed by atoms with van der Waals surface area (Å²) in [6.07, 6.45) is 1.83. The number of Topliss-reactive ketones (excluding diaryl/α,β-unsaturated/α-hetero) is 1. The van der Waals surface area contributed by atoms with E-state index in [4.69, 9.17) is 16.3 Å². The highest BCUT2D eigenvalue weighted by atomic mass is 35.5. The molecule has 6 nitrogen and oxygen atoms in total. The molecule has 1 aliphatic heterocycles. The Kier molecular flexibility index (Phi) is 4.86. The molecule has 182 valence electrons. The predicted octanol–water partition coefficient (Wildman–Crippen LogP) is 5.34. The normalized spacial score (nSPS) is 28.9. The van der Waals surface area contributed by atoms with Gasteiger partial charge in [0, 0.05) is 46.9 Å². The lowest BCUT2D eigenvalue weighted by Crippen LogP contribution is -2.68. The minimum Gasteiger partial charge on any atom is -0.482 e. The summed E-state index contributed by atoms with van der Waals surface area (Å²) in [4.78, 5) is 20.9. The lowest BCUT2D eigenvalue weighted by molar-refractivity contribution is -0.195. The Morgan fingerprint density at radius 1 is 1.20 bits per heavy atom. The number of aliphatic hydroxyl groups is 1. The number of fused-ring (bicyclic) bond motifs is 1. The molecule has 3 aromatic rings. The van der Waals surface area contributed by atoms with Crippen LogP contribution in [0.1, 0.15) is 49.5 Å². The topological polar surface area (TPSA) is 77.2 Å². The summed E-state index contributed by atoms with van der Waals surface area (Å²) in [6, 6.07) is 7.33. The summed E-state index contributed by atoms with van der Waals surface area (Å²) in [6.45, 7) is 0. The van der Waals surface area contributed by atoms with Crippen LogP contribution in [0.4, 0.5) is 13.2 Å². The maximum atomic E-state index is 13.0. The number of hydrogen-bond donors (Lipinski definition) is 1. The average Bonchev–Trinajstić information content (AvgIpc) is 3.25. The van der Waals surface area contributed by atoms with Crippen molar-refractivity contribution in [3.8, 4) is 17.0 Å². The van der Waals surface area contributed by atoms with E-state index >= 15 is 0 Å². The third-order valence-electron chi connectivity index (χ3n) is 7.54. The van der Waals surface area contributed by atoms with E-state index in [1.807, 2.05) is 10.8 Å². The van der Waals surface area contributed by atoms with Crippen LogP contribution in [0.3, 0.4) is 0 Å². The second-order valence-electron chi connectivity index (χ2n) is 10.0. The van der Waals surface area contributed by atoms with Crippen LogP contribution in [0.2, 0.25) is 5.02 Å². The van der Waals surface area contributed by atoms with Gasteiger partial charge in [0.1, 0.15) is 11.4 Å². The Morgan fingerprint density at radius 2 is 1.97 bits per heavy atom. The van der Waals surface area contributed by atoms with Gasteiger partial charge in [0.2, 0.25) is 0 Å². The first-order valence-electron chi connectivity index (χ1n) is 11.3. The van der Waals surface area contributed by atoms with E-state index in [0.29, 0.717) is 34.0 Å². The van der Waals surface area contributed by atoms with Crippen LogP contribution in [-0.2, 0) is 16.5 Å². The van der Waals surface area contributed by atoms with Crippen LogP contribution in [0, 0.1) is 5.41 Å². The first-order valence-corrected chi connectivity index (χ1v) is 11.7. The van der Waals surface area contributed by atoms with Gasteiger partial charge >= 0.3 is 6.18 Å². The van der Waals surface area contributed by atoms with Gasteiger partial charge in [-0.3, -0.25) is 9.78 Å². The summed E-state index contributed by atoms with van der Waals surface area (Å²) in [5, 5.41) is 11.0. The predicted molar refractivity (Wildman–Crippen MR) is 120 cm³/mol. The molecule has 2 bridgehead atoms. The van der Waals surface area contributed by atoms with Crippen LogP contribution >= 0.6 is 11.6 Å². The molecule has 0 amide bonds. The molecule has 3 fully saturated rings. The lowest BCUT2D eigenvalue weighted by atomic mass is 9.38. The zero-order valence-electron chi connectivity index (χ0n) is 18.4. The molecular weight excluding hydrogens is 483 g/mol. The summed E-state index contributed by atoms with van der Waals surface area (Å²) >= 11 is 6.00. The number of halogens is 4. The molecule has 35 heavy (non-hydrogen) atoms. The van der Waals surface area contributed by atoms with E-state index in [1.165, 1.54) is 12.3 Å². The summed E-state index contributed by atoms with van der Waals surface area (Å²) in [5.74, 6) is 0.476. The fourth-order valence-electron chi connectivity index (χ4n) is 5.94. The van der Waals surface area contributed by atoms with Crippen molar-refractivity contribution in [1.82, 2.24) is 14.5 Å². The number of aliphatic hydroxyl groups excluding tert-OH is 1. The molecule has 2 aromatic heterocycles. The highest BCUT2D eigenvalue weighted by molar-refractivity contribution is 6.30. The van der Waals surface area contributed by atoms with Crippen molar-refractivity contribution in [3.05, 3.63) is 65.3 Å². The van der Waals surface area contributed by atoms with E-state index in [1.54, 1.807) is 24.5 Å². The van der Waals surface area contributed by atoms with Crippen molar-refractivity contribution in [3.63, 3.8) is 0 Å². The lowest BCUT2D eigenvalue weighted by Gasteiger charge is -2.71. The van der Waals surface area contributed by atoms with E-state index in [9.17, 15) is 23.1 Å². The van der Waals surface area contributed by atoms with E-state index in [-0.39, 0.29) is 23.2 Å². The fraction of sp³-hybridized carbons (Fsp3) is 0.400. The molecule has 1 N–H and O–H groups in total. The quantitative estimate of drug-likeness (QED) is 0.508. The third kappa shape index (κ3) is 3.72. The van der Waals surface area contributed by atoms with Crippen LogP contribution in [0.25, 0.3) is 11.3 Å². The number of hydrogen-bond acceptors (Lipinski definition) is 5. The number of rotatable bonds is 5. The van der Waals surface area contributed by atoms with Crippen molar-refractivity contribution in [2.75, 3.05) is 0 Å². The number of ether oxygens (including phenoxy) is 1. The second-order valence-corrected chi connectivity index (χ2v) is 10.5. The number of imidazole rings is 1. The molecule has 3 aliphatic carbocycles. The van der Waals surface area contributed by atoms with Gasteiger partial charge in [-0.1, -0.05) is 11.6 Å². The van der Waals surface area contributed by atoms with Gasteiger partial charge in [-0.25, -0.2) is 4.98 Å². The largest absolute Gasteiger partial charge is 0.482 e. The maximum Gasteiger partial charge on any atom is 0.433 e. The molecule has 3 heterocycles. The van der Waals surface area contributed by atoms with Gasteiger partial charge in [-0.05, 0) is 55.0 Å². The molecule has 1 aromatic carbocycles. The van der Waals surface area contributed by atoms with Crippen molar-refractivity contribution in [2.45, 2.75) is 56.0 Å². The molecular formula is C25H21ClF3N3O3. The first-order chi connectivity index (χ1) is 16.6. The van der Waals surface area contributed by atoms with Gasteiger partial charge in [-0.2, -0.15) is 13.2 Å². The number of aromatic nitrogens is 3. The minimum atomic E-state index is -4.48. The van der Waals surface area contributed by atoms with E-state index in [2.05, 4.69) is 9.97 Å². The monoisotopic (exact) mass is 503 g/mol. The van der Waals surface area contributed by atoms with Crippen LogP contribution in [0.5, 0.6) is 5.75 Å². The zero-order valence-corrected chi connectivity index (χ0v) is 19.2. The number of pyridine rings is 1. The number of alkyl halides is 3. The first kappa shape index (κ1) is 22.5. The molecule has 4 aliphatic rings. The highest BCUT2D eigenvalue weighted by Gasteiger charge is 2.69. The maximum absolute atomic E-state index is 13.0. The van der Waals surface area contributed by atoms with Crippen molar-refractivity contribution < 1.29 is 27.8 Å². The van der Waals surface area contributed by atoms with Crippen molar-refractivity contribution in [1.29, 1.82) is 0 Å². The Bertz CT molecular complexity index is 1300. The van der Waals surface area contributed by atoms with Gasteiger partial charge in [0.15, 0.2) is 11.9 Å². The number of nitrogens with zero attached hydrogens (tertiary/aromatic N) is 3. The minimum absolute atomic E-state index is 0.0138. The number of ketones is 1. The molecule has 0 spiro atoms. The molecule has 0 radical (unpaired) electrons. The Hall–Kier alpha value is -2.91. The van der Waals surface area contributed by atoms with Crippen LogP contribution in [0.15, 0.2) is 49.1 Å². The molecule has 0 unspecified atom stereocenters. The van der Waals surface area contributed by atoms with Gasteiger partial charge in [0.05, 0.1) is 18.1 Å². The van der Waals surface area contributed by atoms with Crippen LogP contribution < -0.4 is 4.74 Å². The Morgan fingerprint density at radius 3 is 2.66 bits per heavy atom. The van der Waals surface area contributed by atoms with Crippen molar-refractivity contribution >= 4 is 17.4 Å².